The molecule has 102 valence electrons. The van der Waals surface area contributed by atoms with Gasteiger partial charge in [0.05, 0.1) is 13.3 Å². The Morgan fingerprint density at radius 3 is 2.74 bits per heavy atom. The molecule has 19 heavy (non-hydrogen) atoms. The minimum atomic E-state index is -0.194. The largest absolute Gasteiger partial charge is 0.491 e. The van der Waals surface area contributed by atoms with Crippen molar-refractivity contribution in [2.45, 2.75) is 32.7 Å². The fourth-order valence-corrected chi connectivity index (χ4v) is 1.67. The Balaban J connectivity index is 2.27. The fourth-order valence-electron chi connectivity index (χ4n) is 1.67. The second-order valence-corrected chi connectivity index (χ2v) is 5.38. The Labute approximate surface area is 111 Å². The van der Waals surface area contributed by atoms with Crippen molar-refractivity contribution in [3.63, 3.8) is 0 Å². The van der Waals surface area contributed by atoms with E-state index in [1.54, 1.807) is 24.5 Å². The number of methoxy groups -OCH3 is 1. The zero-order valence-corrected chi connectivity index (χ0v) is 11.6. The van der Waals surface area contributed by atoms with Crippen molar-refractivity contribution in [1.82, 2.24) is 9.55 Å². The summed E-state index contributed by atoms with van der Waals surface area (Å²) in [5, 5.41) is 0. The highest BCUT2D eigenvalue weighted by molar-refractivity contribution is 5.17. The predicted octanol–water partition coefficient (Wildman–Crippen LogP) is 2.19. The molecule has 5 heteroatoms. The molecule has 2 aromatic rings. The molecule has 0 radical (unpaired) electrons. The SMILES string of the molecule is COc1cccn(Cc2ncc(C(C)(C)C)o2)c1=O. The predicted molar refractivity (Wildman–Crippen MR) is 71.6 cm³/mol. The number of ether oxygens (including phenoxy) is 1. The van der Waals surface area contributed by atoms with Crippen LogP contribution < -0.4 is 10.3 Å². The zero-order valence-electron chi connectivity index (χ0n) is 11.6. The number of hydrogen-bond donors (Lipinski definition) is 0. The minimum Gasteiger partial charge on any atom is -0.491 e. The molecule has 0 aliphatic carbocycles. The Bertz CT molecular complexity index is 620. The van der Waals surface area contributed by atoms with Gasteiger partial charge in [-0.1, -0.05) is 20.8 Å². The van der Waals surface area contributed by atoms with Crippen molar-refractivity contribution in [3.05, 3.63) is 46.5 Å². The molecule has 0 aliphatic rings. The van der Waals surface area contributed by atoms with Gasteiger partial charge in [0.15, 0.2) is 5.75 Å². The summed E-state index contributed by atoms with van der Waals surface area (Å²) in [5.41, 5.74) is -0.287. The molecule has 0 spiro atoms. The van der Waals surface area contributed by atoms with Crippen LogP contribution in [0.5, 0.6) is 5.75 Å². The fraction of sp³-hybridized carbons (Fsp3) is 0.429. The van der Waals surface area contributed by atoms with Crippen molar-refractivity contribution in [2.75, 3.05) is 7.11 Å². The van der Waals surface area contributed by atoms with Gasteiger partial charge < -0.3 is 13.7 Å². The van der Waals surface area contributed by atoms with E-state index in [1.165, 1.54) is 11.7 Å². The average molecular weight is 262 g/mol. The van der Waals surface area contributed by atoms with Gasteiger partial charge in [-0.3, -0.25) is 4.79 Å². The second kappa shape index (κ2) is 4.91. The monoisotopic (exact) mass is 262 g/mol. The summed E-state index contributed by atoms with van der Waals surface area (Å²) < 4.78 is 12.2. The maximum Gasteiger partial charge on any atom is 0.293 e. The molecular weight excluding hydrogens is 244 g/mol. The Morgan fingerprint density at radius 1 is 1.42 bits per heavy atom. The molecule has 0 N–H and O–H groups in total. The van der Waals surface area contributed by atoms with Gasteiger partial charge in [0.1, 0.15) is 12.3 Å². The Hall–Kier alpha value is -2.04. The molecule has 2 heterocycles. The first-order valence-electron chi connectivity index (χ1n) is 6.10. The molecular formula is C14H18N2O3. The van der Waals surface area contributed by atoms with Gasteiger partial charge >= 0.3 is 0 Å². The van der Waals surface area contributed by atoms with E-state index in [2.05, 4.69) is 25.8 Å². The van der Waals surface area contributed by atoms with Crippen LogP contribution >= 0.6 is 0 Å². The molecule has 0 amide bonds. The molecule has 0 aromatic carbocycles. The first-order chi connectivity index (χ1) is 8.91. The van der Waals surface area contributed by atoms with Crippen LogP contribution in [0, 0.1) is 0 Å². The Morgan fingerprint density at radius 2 is 2.16 bits per heavy atom. The summed E-state index contributed by atoms with van der Waals surface area (Å²) in [7, 11) is 1.48. The number of hydrogen-bond acceptors (Lipinski definition) is 4. The van der Waals surface area contributed by atoms with Crippen LogP contribution in [0.15, 0.2) is 33.7 Å². The van der Waals surface area contributed by atoms with Crippen LogP contribution in [-0.4, -0.2) is 16.7 Å². The van der Waals surface area contributed by atoms with Gasteiger partial charge in [-0.05, 0) is 12.1 Å². The quantitative estimate of drug-likeness (QED) is 0.850. The van der Waals surface area contributed by atoms with Crippen molar-refractivity contribution in [2.24, 2.45) is 0 Å². The number of nitrogens with zero attached hydrogens (tertiary/aromatic N) is 2. The number of oxazole rings is 1. The van der Waals surface area contributed by atoms with Crippen LogP contribution in [0.25, 0.3) is 0 Å². The molecule has 5 nitrogen and oxygen atoms in total. The van der Waals surface area contributed by atoms with E-state index in [0.717, 1.165) is 5.76 Å². The smallest absolute Gasteiger partial charge is 0.293 e. The molecule has 0 saturated heterocycles. The van der Waals surface area contributed by atoms with Crippen molar-refractivity contribution in [3.8, 4) is 5.75 Å². The lowest BCUT2D eigenvalue weighted by atomic mass is 9.94. The first kappa shape index (κ1) is 13.4. The topological polar surface area (TPSA) is 57.3 Å². The highest BCUT2D eigenvalue weighted by Gasteiger charge is 2.19. The summed E-state index contributed by atoms with van der Waals surface area (Å²) in [5.74, 6) is 1.63. The van der Waals surface area contributed by atoms with Crippen LogP contribution in [0.2, 0.25) is 0 Å². The third kappa shape index (κ3) is 2.86. The maximum absolute atomic E-state index is 12.0. The summed E-state index contributed by atoms with van der Waals surface area (Å²) in [6, 6.07) is 3.39. The summed E-state index contributed by atoms with van der Waals surface area (Å²) in [6.45, 7) is 6.45. The van der Waals surface area contributed by atoms with E-state index in [1.807, 2.05) is 0 Å². The van der Waals surface area contributed by atoms with E-state index in [0.29, 0.717) is 18.2 Å². The summed E-state index contributed by atoms with van der Waals surface area (Å²) >= 11 is 0. The third-order valence-corrected chi connectivity index (χ3v) is 2.80. The van der Waals surface area contributed by atoms with Crippen LogP contribution in [0.4, 0.5) is 0 Å². The molecule has 0 bridgehead atoms. The van der Waals surface area contributed by atoms with E-state index in [4.69, 9.17) is 9.15 Å². The van der Waals surface area contributed by atoms with Crippen molar-refractivity contribution >= 4 is 0 Å². The van der Waals surface area contributed by atoms with Crippen molar-refractivity contribution in [1.29, 1.82) is 0 Å². The van der Waals surface area contributed by atoms with E-state index < -0.39 is 0 Å². The molecule has 2 rings (SSSR count). The van der Waals surface area contributed by atoms with Crippen molar-refractivity contribution < 1.29 is 9.15 Å². The normalized spacial score (nSPS) is 11.6. The number of pyridine rings is 1. The lowest BCUT2D eigenvalue weighted by Gasteiger charge is -2.13. The average Bonchev–Trinajstić information content (AvgIpc) is 2.80. The van der Waals surface area contributed by atoms with Gasteiger partial charge in [0.2, 0.25) is 5.89 Å². The van der Waals surface area contributed by atoms with Gasteiger partial charge in [-0.2, -0.15) is 0 Å². The molecule has 0 saturated carbocycles. The lowest BCUT2D eigenvalue weighted by Crippen LogP contribution is -2.21. The van der Waals surface area contributed by atoms with E-state index >= 15 is 0 Å². The van der Waals surface area contributed by atoms with Gasteiger partial charge in [0.25, 0.3) is 5.56 Å². The van der Waals surface area contributed by atoms with Crippen LogP contribution in [0.3, 0.4) is 0 Å². The highest BCUT2D eigenvalue weighted by Crippen LogP contribution is 2.22. The molecule has 2 aromatic heterocycles. The van der Waals surface area contributed by atoms with Gasteiger partial charge in [-0.15, -0.1) is 0 Å². The van der Waals surface area contributed by atoms with E-state index in [-0.39, 0.29) is 11.0 Å². The number of aromatic nitrogens is 2. The third-order valence-electron chi connectivity index (χ3n) is 2.80. The molecule has 0 unspecified atom stereocenters. The first-order valence-corrected chi connectivity index (χ1v) is 6.10. The second-order valence-electron chi connectivity index (χ2n) is 5.38. The molecule has 0 atom stereocenters. The Kier molecular flexibility index (Phi) is 3.46. The minimum absolute atomic E-state index is 0.0927. The van der Waals surface area contributed by atoms with Gasteiger partial charge in [-0.25, -0.2) is 4.98 Å². The van der Waals surface area contributed by atoms with Crippen LogP contribution in [-0.2, 0) is 12.0 Å². The molecule has 0 fully saturated rings. The maximum atomic E-state index is 12.0. The zero-order chi connectivity index (χ0) is 14.0. The summed E-state index contributed by atoms with van der Waals surface area (Å²) in [4.78, 5) is 16.2. The number of rotatable bonds is 3. The van der Waals surface area contributed by atoms with Crippen LogP contribution in [0.1, 0.15) is 32.4 Å². The molecule has 0 aliphatic heterocycles. The van der Waals surface area contributed by atoms with Gasteiger partial charge in [0, 0.05) is 11.6 Å². The lowest BCUT2D eigenvalue weighted by molar-refractivity contribution is 0.371. The summed E-state index contributed by atoms with van der Waals surface area (Å²) in [6.07, 6.45) is 3.40. The van der Waals surface area contributed by atoms with E-state index in [9.17, 15) is 4.79 Å². The standard InChI is InChI=1S/C14H18N2O3/c1-14(2,3)11-8-15-12(19-11)9-16-7-5-6-10(18-4)13(16)17/h5-8H,9H2,1-4H3. The highest BCUT2D eigenvalue weighted by atomic mass is 16.5.